The van der Waals surface area contributed by atoms with Crippen molar-refractivity contribution in [2.75, 3.05) is 0 Å². The molecule has 60 valence electrons. The molecule has 0 spiro atoms. The number of hydrogen-bond donors (Lipinski definition) is 1. The highest BCUT2D eigenvalue weighted by Crippen LogP contribution is 2.54. The highest BCUT2D eigenvalue weighted by Gasteiger charge is 2.63. The Morgan fingerprint density at radius 1 is 1.00 bits per heavy atom. The van der Waals surface area contributed by atoms with E-state index in [0.717, 1.165) is 0 Å². The SMILES string of the molecule is CC1(C)OC(C)(O)C1(C)C. The van der Waals surface area contributed by atoms with Gasteiger partial charge in [-0.3, -0.25) is 0 Å². The molecule has 1 heterocycles. The van der Waals surface area contributed by atoms with Crippen LogP contribution in [0.1, 0.15) is 34.6 Å². The minimum atomic E-state index is -0.948. The Labute approximate surface area is 62.2 Å². The maximum absolute atomic E-state index is 9.55. The van der Waals surface area contributed by atoms with Crippen molar-refractivity contribution in [1.82, 2.24) is 0 Å². The summed E-state index contributed by atoms with van der Waals surface area (Å²) in [5.74, 6) is -0.948. The van der Waals surface area contributed by atoms with Crippen molar-refractivity contribution in [1.29, 1.82) is 0 Å². The van der Waals surface area contributed by atoms with Gasteiger partial charge in [0.2, 0.25) is 0 Å². The van der Waals surface area contributed by atoms with Crippen molar-refractivity contribution in [2.45, 2.75) is 46.0 Å². The highest BCUT2D eigenvalue weighted by atomic mass is 16.7. The topological polar surface area (TPSA) is 29.5 Å². The summed E-state index contributed by atoms with van der Waals surface area (Å²) in [6.07, 6.45) is 0. The summed E-state index contributed by atoms with van der Waals surface area (Å²) in [7, 11) is 0. The van der Waals surface area contributed by atoms with Gasteiger partial charge in [0.05, 0.1) is 5.60 Å². The molecule has 10 heavy (non-hydrogen) atoms. The van der Waals surface area contributed by atoms with E-state index in [-0.39, 0.29) is 11.0 Å². The van der Waals surface area contributed by atoms with Gasteiger partial charge in [-0.05, 0) is 20.8 Å². The van der Waals surface area contributed by atoms with Crippen LogP contribution in [0.5, 0.6) is 0 Å². The van der Waals surface area contributed by atoms with Gasteiger partial charge < -0.3 is 9.84 Å². The molecule has 0 amide bonds. The van der Waals surface area contributed by atoms with Crippen LogP contribution in [0, 0.1) is 5.41 Å². The fraction of sp³-hybridized carbons (Fsp3) is 1.00. The van der Waals surface area contributed by atoms with E-state index >= 15 is 0 Å². The fourth-order valence-electron chi connectivity index (χ4n) is 1.26. The summed E-state index contributed by atoms with van der Waals surface area (Å²) in [6.45, 7) is 9.71. The summed E-state index contributed by atoms with van der Waals surface area (Å²) in [5.41, 5.74) is -0.351. The zero-order valence-corrected chi connectivity index (χ0v) is 7.36. The van der Waals surface area contributed by atoms with E-state index < -0.39 is 5.79 Å². The molecule has 0 aromatic heterocycles. The minimum Gasteiger partial charge on any atom is -0.365 e. The highest BCUT2D eigenvalue weighted by molar-refractivity contribution is 5.05. The van der Waals surface area contributed by atoms with Crippen LogP contribution >= 0.6 is 0 Å². The fourth-order valence-corrected chi connectivity index (χ4v) is 1.26. The van der Waals surface area contributed by atoms with Gasteiger partial charge in [0, 0.05) is 5.41 Å². The molecule has 1 rings (SSSR count). The molecule has 2 heteroatoms. The Bertz CT molecular complexity index is 141. The molecular formula is C8H16O2. The van der Waals surface area contributed by atoms with Gasteiger partial charge in [-0.1, -0.05) is 13.8 Å². The van der Waals surface area contributed by atoms with Crippen LogP contribution in [0.2, 0.25) is 0 Å². The van der Waals surface area contributed by atoms with Crippen molar-refractivity contribution in [3.8, 4) is 0 Å². The van der Waals surface area contributed by atoms with Crippen LogP contribution in [0.15, 0.2) is 0 Å². The molecule has 1 saturated heterocycles. The third-order valence-electron chi connectivity index (χ3n) is 3.12. The zero-order chi connectivity index (χ0) is 8.21. The molecule has 1 unspecified atom stereocenters. The molecule has 2 nitrogen and oxygen atoms in total. The average molecular weight is 144 g/mol. The second-order valence-corrected chi connectivity index (χ2v) is 4.22. The standard InChI is InChI=1S/C8H16O2/c1-6(2)7(3,4)10-8(6,5)9/h9H,1-5H3. The molecule has 0 bridgehead atoms. The first-order chi connectivity index (χ1) is 4.21. The first-order valence-corrected chi connectivity index (χ1v) is 3.63. The Kier molecular flexibility index (Phi) is 1.25. The normalized spacial score (nSPS) is 42.6. The van der Waals surface area contributed by atoms with Crippen LogP contribution in [-0.2, 0) is 4.74 Å². The summed E-state index contributed by atoms with van der Waals surface area (Å²) in [6, 6.07) is 0. The van der Waals surface area contributed by atoms with Crippen molar-refractivity contribution in [3.05, 3.63) is 0 Å². The summed E-state index contributed by atoms with van der Waals surface area (Å²) >= 11 is 0. The minimum absolute atomic E-state index is 0.153. The molecule has 1 aliphatic heterocycles. The Balaban J connectivity index is 2.85. The van der Waals surface area contributed by atoms with Gasteiger partial charge in [0.1, 0.15) is 0 Å². The second-order valence-electron chi connectivity index (χ2n) is 4.22. The molecule has 0 aromatic carbocycles. The maximum Gasteiger partial charge on any atom is 0.171 e. The molecule has 0 radical (unpaired) electrons. The Morgan fingerprint density at radius 2 is 1.40 bits per heavy atom. The lowest BCUT2D eigenvalue weighted by Gasteiger charge is -2.62. The van der Waals surface area contributed by atoms with Gasteiger partial charge in [-0.15, -0.1) is 0 Å². The molecule has 0 aliphatic carbocycles. The molecule has 0 saturated carbocycles. The van der Waals surface area contributed by atoms with Gasteiger partial charge >= 0.3 is 0 Å². The molecule has 0 aromatic rings. The van der Waals surface area contributed by atoms with E-state index in [1.807, 2.05) is 27.7 Å². The third-order valence-corrected chi connectivity index (χ3v) is 3.12. The lowest BCUT2D eigenvalue weighted by molar-refractivity contribution is -0.431. The van der Waals surface area contributed by atoms with Crippen molar-refractivity contribution in [2.24, 2.45) is 5.41 Å². The molecule has 1 N–H and O–H groups in total. The summed E-state index contributed by atoms with van der Waals surface area (Å²) in [4.78, 5) is 0. The second kappa shape index (κ2) is 1.56. The third kappa shape index (κ3) is 0.663. The quantitative estimate of drug-likeness (QED) is 0.558. The Morgan fingerprint density at radius 3 is 1.40 bits per heavy atom. The van der Waals surface area contributed by atoms with Gasteiger partial charge in [-0.2, -0.15) is 0 Å². The van der Waals surface area contributed by atoms with E-state index in [4.69, 9.17) is 4.74 Å². The van der Waals surface area contributed by atoms with Gasteiger partial charge in [0.25, 0.3) is 0 Å². The number of aliphatic hydroxyl groups is 1. The molecule has 1 fully saturated rings. The first kappa shape index (κ1) is 8.02. The predicted octanol–water partition coefficient (Wildman–Crippen LogP) is 1.53. The van der Waals surface area contributed by atoms with Crippen molar-refractivity contribution < 1.29 is 9.84 Å². The van der Waals surface area contributed by atoms with E-state index in [1.54, 1.807) is 6.92 Å². The smallest absolute Gasteiger partial charge is 0.171 e. The van der Waals surface area contributed by atoms with Crippen molar-refractivity contribution >= 4 is 0 Å². The molecule has 1 aliphatic rings. The maximum atomic E-state index is 9.55. The van der Waals surface area contributed by atoms with Crippen molar-refractivity contribution in [3.63, 3.8) is 0 Å². The zero-order valence-electron chi connectivity index (χ0n) is 7.36. The van der Waals surface area contributed by atoms with Crippen LogP contribution in [0.3, 0.4) is 0 Å². The largest absolute Gasteiger partial charge is 0.365 e. The van der Waals surface area contributed by atoms with E-state index in [9.17, 15) is 5.11 Å². The number of rotatable bonds is 0. The van der Waals surface area contributed by atoms with Crippen LogP contribution < -0.4 is 0 Å². The van der Waals surface area contributed by atoms with Crippen LogP contribution in [0.4, 0.5) is 0 Å². The number of ether oxygens (including phenoxy) is 1. The number of hydrogen-bond acceptors (Lipinski definition) is 2. The van der Waals surface area contributed by atoms with Crippen LogP contribution in [-0.4, -0.2) is 16.5 Å². The van der Waals surface area contributed by atoms with Crippen LogP contribution in [0.25, 0.3) is 0 Å². The molecule has 1 atom stereocenters. The Hall–Kier alpha value is -0.0800. The van der Waals surface area contributed by atoms with E-state index in [2.05, 4.69) is 0 Å². The molecular weight excluding hydrogens is 128 g/mol. The predicted molar refractivity (Wildman–Crippen MR) is 39.6 cm³/mol. The average Bonchev–Trinajstić information content (AvgIpc) is 1.61. The summed E-state index contributed by atoms with van der Waals surface area (Å²) < 4.78 is 5.28. The van der Waals surface area contributed by atoms with Gasteiger partial charge in [0.15, 0.2) is 5.79 Å². The first-order valence-electron chi connectivity index (χ1n) is 3.63. The summed E-state index contributed by atoms with van der Waals surface area (Å²) in [5, 5.41) is 9.55. The van der Waals surface area contributed by atoms with Gasteiger partial charge in [-0.25, -0.2) is 0 Å². The van der Waals surface area contributed by atoms with E-state index in [1.165, 1.54) is 0 Å². The lowest BCUT2D eigenvalue weighted by Crippen LogP contribution is -2.70. The monoisotopic (exact) mass is 144 g/mol. The van der Waals surface area contributed by atoms with E-state index in [0.29, 0.717) is 0 Å². The lowest BCUT2D eigenvalue weighted by atomic mass is 9.65.